The lowest BCUT2D eigenvalue weighted by Gasteiger charge is -2.26. The van der Waals surface area contributed by atoms with Crippen LogP contribution in [-0.4, -0.2) is 34.9 Å². The lowest BCUT2D eigenvalue weighted by Crippen LogP contribution is -2.46. The molecular formula is C19H23N3O. The fourth-order valence-electron chi connectivity index (χ4n) is 3.71. The number of hydrogen-bond donors (Lipinski definition) is 1. The summed E-state index contributed by atoms with van der Waals surface area (Å²) >= 11 is 0. The largest absolute Gasteiger partial charge is 0.351 e. The Kier molecular flexibility index (Phi) is 4.00. The highest BCUT2D eigenvalue weighted by molar-refractivity contribution is 5.85. The average molecular weight is 309 g/mol. The number of carbonyl (C=O) groups excluding carboxylic acids is 1. The summed E-state index contributed by atoms with van der Waals surface area (Å²) < 4.78 is 0. The Morgan fingerprint density at radius 1 is 1.22 bits per heavy atom. The van der Waals surface area contributed by atoms with Gasteiger partial charge in [0, 0.05) is 18.1 Å². The number of rotatable bonds is 5. The fourth-order valence-corrected chi connectivity index (χ4v) is 3.71. The standard InChI is InChI=1S/C19H23N3O/c23-19(18(14-7-8-14)22-11-3-4-12-22)21-13-15-9-10-20-17-6-2-1-5-16(15)17/h1-2,5-6,9-10,14,18H,3-4,7-8,11-13H2,(H,21,23)/t18-/m0/s1. The first-order valence-electron chi connectivity index (χ1n) is 8.67. The zero-order chi connectivity index (χ0) is 15.6. The van der Waals surface area contributed by atoms with Crippen LogP contribution in [0.1, 0.15) is 31.2 Å². The molecule has 1 saturated carbocycles. The van der Waals surface area contributed by atoms with Crippen molar-refractivity contribution in [2.24, 2.45) is 5.92 Å². The van der Waals surface area contributed by atoms with Gasteiger partial charge in [-0.3, -0.25) is 14.7 Å². The predicted octanol–water partition coefficient (Wildman–Crippen LogP) is 2.73. The molecule has 23 heavy (non-hydrogen) atoms. The SMILES string of the molecule is O=C(NCc1ccnc2ccccc12)[C@H](C1CC1)N1CCCC1. The van der Waals surface area contributed by atoms with Crippen molar-refractivity contribution in [2.45, 2.75) is 38.3 Å². The van der Waals surface area contributed by atoms with Gasteiger partial charge < -0.3 is 5.32 Å². The van der Waals surface area contributed by atoms with Crippen LogP contribution in [0.4, 0.5) is 0 Å². The predicted molar refractivity (Wildman–Crippen MR) is 90.9 cm³/mol. The fraction of sp³-hybridized carbons (Fsp3) is 0.474. The van der Waals surface area contributed by atoms with Crippen LogP contribution in [0.3, 0.4) is 0 Å². The molecule has 120 valence electrons. The number of pyridine rings is 1. The zero-order valence-corrected chi connectivity index (χ0v) is 13.4. The molecule has 2 fully saturated rings. The van der Waals surface area contributed by atoms with E-state index in [0.29, 0.717) is 12.5 Å². The number of hydrogen-bond acceptors (Lipinski definition) is 3. The van der Waals surface area contributed by atoms with Crippen molar-refractivity contribution in [2.75, 3.05) is 13.1 Å². The number of nitrogens with zero attached hydrogens (tertiary/aromatic N) is 2. The third kappa shape index (κ3) is 3.08. The minimum absolute atomic E-state index is 0.0885. The zero-order valence-electron chi connectivity index (χ0n) is 13.4. The first-order valence-corrected chi connectivity index (χ1v) is 8.67. The van der Waals surface area contributed by atoms with E-state index < -0.39 is 0 Å². The highest BCUT2D eigenvalue weighted by Crippen LogP contribution is 2.36. The van der Waals surface area contributed by atoms with E-state index in [1.54, 1.807) is 0 Å². The summed E-state index contributed by atoms with van der Waals surface area (Å²) in [6.07, 6.45) is 6.68. The molecule has 1 aromatic carbocycles. The molecule has 1 saturated heterocycles. The second-order valence-electron chi connectivity index (χ2n) is 6.73. The van der Waals surface area contributed by atoms with Crippen LogP contribution in [0.25, 0.3) is 10.9 Å². The van der Waals surface area contributed by atoms with E-state index in [0.717, 1.165) is 29.6 Å². The van der Waals surface area contributed by atoms with Gasteiger partial charge in [-0.2, -0.15) is 0 Å². The Hall–Kier alpha value is -1.94. The van der Waals surface area contributed by atoms with Crippen LogP contribution in [-0.2, 0) is 11.3 Å². The van der Waals surface area contributed by atoms with Gasteiger partial charge in [-0.25, -0.2) is 0 Å². The van der Waals surface area contributed by atoms with E-state index in [1.165, 1.54) is 25.7 Å². The van der Waals surface area contributed by atoms with Gasteiger partial charge in [0.2, 0.25) is 5.91 Å². The van der Waals surface area contributed by atoms with Crippen LogP contribution in [0.5, 0.6) is 0 Å². The van der Waals surface area contributed by atoms with Gasteiger partial charge in [0.25, 0.3) is 0 Å². The molecule has 0 spiro atoms. The summed E-state index contributed by atoms with van der Waals surface area (Å²) in [5.41, 5.74) is 2.12. The third-order valence-electron chi connectivity index (χ3n) is 5.06. The van der Waals surface area contributed by atoms with Gasteiger partial charge in [-0.1, -0.05) is 18.2 Å². The van der Waals surface area contributed by atoms with Crippen molar-refractivity contribution in [1.82, 2.24) is 15.2 Å². The van der Waals surface area contributed by atoms with Gasteiger partial charge in [-0.05, 0) is 62.4 Å². The maximum atomic E-state index is 12.8. The lowest BCUT2D eigenvalue weighted by molar-refractivity contribution is -0.127. The van der Waals surface area contributed by atoms with E-state index in [4.69, 9.17) is 0 Å². The molecule has 4 nitrogen and oxygen atoms in total. The monoisotopic (exact) mass is 309 g/mol. The average Bonchev–Trinajstić information content (AvgIpc) is 3.27. The van der Waals surface area contributed by atoms with Crippen LogP contribution < -0.4 is 5.32 Å². The molecule has 1 aliphatic heterocycles. The van der Waals surface area contributed by atoms with Crippen LogP contribution in [0.2, 0.25) is 0 Å². The van der Waals surface area contributed by atoms with E-state index in [-0.39, 0.29) is 11.9 Å². The van der Waals surface area contributed by atoms with Gasteiger partial charge in [-0.15, -0.1) is 0 Å². The molecule has 0 radical (unpaired) electrons. The number of amides is 1. The maximum Gasteiger partial charge on any atom is 0.237 e. The molecule has 2 aromatic rings. The Bertz CT molecular complexity index is 699. The van der Waals surface area contributed by atoms with Crippen molar-refractivity contribution in [3.05, 3.63) is 42.1 Å². The highest BCUT2D eigenvalue weighted by atomic mass is 16.2. The van der Waals surface area contributed by atoms with E-state index >= 15 is 0 Å². The van der Waals surface area contributed by atoms with Gasteiger partial charge in [0.1, 0.15) is 0 Å². The number of fused-ring (bicyclic) bond motifs is 1. The summed E-state index contributed by atoms with van der Waals surface area (Å²) in [6.45, 7) is 2.73. The molecule has 1 aromatic heterocycles. The summed E-state index contributed by atoms with van der Waals surface area (Å²) in [5.74, 6) is 0.776. The van der Waals surface area contributed by atoms with Crippen LogP contribution in [0, 0.1) is 5.92 Å². The molecular weight excluding hydrogens is 286 g/mol. The molecule has 0 bridgehead atoms. The number of carbonyl (C=O) groups is 1. The van der Waals surface area contributed by atoms with Crippen molar-refractivity contribution in [3.8, 4) is 0 Å². The summed E-state index contributed by atoms with van der Waals surface area (Å²) in [6, 6.07) is 10.2. The number of para-hydroxylation sites is 1. The van der Waals surface area contributed by atoms with Crippen LogP contribution >= 0.6 is 0 Å². The first kappa shape index (κ1) is 14.6. The highest BCUT2D eigenvalue weighted by Gasteiger charge is 2.40. The van der Waals surface area contributed by atoms with E-state index in [9.17, 15) is 4.79 Å². The summed E-state index contributed by atoms with van der Waals surface area (Å²) in [5, 5.41) is 4.31. The Morgan fingerprint density at radius 2 is 2.00 bits per heavy atom. The van der Waals surface area contributed by atoms with Gasteiger partial charge >= 0.3 is 0 Å². The van der Waals surface area contributed by atoms with Crippen molar-refractivity contribution >= 4 is 16.8 Å². The smallest absolute Gasteiger partial charge is 0.237 e. The van der Waals surface area contributed by atoms with Crippen molar-refractivity contribution < 1.29 is 4.79 Å². The minimum Gasteiger partial charge on any atom is -0.351 e. The quantitative estimate of drug-likeness (QED) is 0.923. The van der Waals surface area contributed by atoms with E-state index in [2.05, 4.69) is 21.3 Å². The molecule has 1 amide bonds. The van der Waals surface area contributed by atoms with Crippen molar-refractivity contribution in [3.63, 3.8) is 0 Å². The van der Waals surface area contributed by atoms with Crippen LogP contribution in [0.15, 0.2) is 36.5 Å². The summed E-state index contributed by atoms with van der Waals surface area (Å²) in [4.78, 5) is 19.5. The molecule has 0 unspecified atom stereocenters. The van der Waals surface area contributed by atoms with Gasteiger partial charge in [0.05, 0.1) is 11.6 Å². The molecule has 2 aliphatic rings. The second-order valence-corrected chi connectivity index (χ2v) is 6.73. The normalized spacial score (nSPS) is 19.8. The minimum atomic E-state index is 0.0885. The van der Waals surface area contributed by atoms with Crippen molar-refractivity contribution in [1.29, 1.82) is 0 Å². The Morgan fingerprint density at radius 3 is 2.78 bits per heavy atom. The van der Waals surface area contributed by atoms with Gasteiger partial charge in [0.15, 0.2) is 0 Å². The lowest BCUT2D eigenvalue weighted by atomic mass is 10.1. The Balaban J connectivity index is 1.47. The molecule has 1 N–H and O–H groups in total. The first-order chi connectivity index (χ1) is 11.3. The number of aromatic nitrogens is 1. The summed E-state index contributed by atoms with van der Waals surface area (Å²) in [7, 11) is 0. The molecule has 4 heteroatoms. The molecule has 1 aliphatic carbocycles. The molecule has 1 atom stereocenters. The second kappa shape index (κ2) is 6.28. The van der Waals surface area contributed by atoms with E-state index in [1.807, 2.05) is 30.5 Å². The Labute approximate surface area is 136 Å². The molecule has 4 rings (SSSR count). The number of benzene rings is 1. The third-order valence-corrected chi connectivity index (χ3v) is 5.06. The number of nitrogens with one attached hydrogen (secondary N) is 1. The topological polar surface area (TPSA) is 45.2 Å². The number of likely N-dealkylation sites (tertiary alicyclic amines) is 1. The maximum absolute atomic E-state index is 12.8. The molecule has 2 heterocycles.